The Morgan fingerprint density at radius 1 is 1.23 bits per heavy atom. The van der Waals surface area contributed by atoms with E-state index in [4.69, 9.17) is 0 Å². The zero-order chi connectivity index (χ0) is 15.7. The van der Waals surface area contributed by atoms with Crippen molar-refractivity contribution >= 4 is 16.8 Å². The van der Waals surface area contributed by atoms with Crippen molar-refractivity contribution in [2.24, 2.45) is 0 Å². The van der Waals surface area contributed by atoms with Crippen molar-refractivity contribution in [1.29, 1.82) is 5.26 Å². The number of halogens is 1. The first-order valence-corrected chi connectivity index (χ1v) is 6.67. The van der Waals surface area contributed by atoms with E-state index in [2.05, 4.69) is 16.4 Å². The number of amides is 1. The summed E-state index contributed by atoms with van der Waals surface area (Å²) in [6.07, 6.45) is 0. The molecule has 1 aromatic heterocycles. The van der Waals surface area contributed by atoms with E-state index in [-0.39, 0.29) is 11.7 Å². The number of hydrogen-bond acceptors (Lipinski definition) is 2. The number of aromatic nitrogens is 1. The van der Waals surface area contributed by atoms with E-state index in [0.29, 0.717) is 11.3 Å². The quantitative estimate of drug-likeness (QED) is 0.761. The molecule has 0 atom stereocenters. The lowest BCUT2D eigenvalue weighted by atomic mass is 10.0. The summed E-state index contributed by atoms with van der Waals surface area (Å²) in [7, 11) is 1.55. The number of fused-ring (bicyclic) bond motifs is 1. The predicted octanol–water partition coefficient (Wildman–Crippen LogP) is 3.21. The van der Waals surface area contributed by atoms with E-state index in [1.165, 1.54) is 12.1 Å². The molecule has 0 unspecified atom stereocenters. The molecule has 1 heterocycles. The van der Waals surface area contributed by atoms with Crippen molar-refractivity contribution in [1.82, 2.24) is 10.3 Å². The Morgan fingerprint density at radius 3 is 2.59 bits per heavy atom. The molecule has 0 fully saturated rings. The smallest absolute Gasteiger partial charge is 0.267 e. The Morgan fingerprint density at radius 2 is 1.95 bits per heavy atom. The largest absolute Gasteiger partial charge is 0.354 e. The molecule has 0 radical (unpaired) electrons. The van der Waals surface area contributed by atoms with Crippen LogP contribution in [0.4, 0.5) is 4.39 Å². The van der Waals surface area contributed by atoms with Gasteiger partial charge in [0.1, 0.15) is 11.5 Å². The van der Waals surface area contributed by atoms with Crippen LogP contribution in [-0.2, 0) is 0 Å². The summed E-state index contributed by atoms with van der Waals surface area (Å²) in [4.78, 5) is 14.8. The van der Waals surface area contributed by atoms with Crippen molar-refractivity contribution in [2.45, 2.75) is 0 Å². The predicted molar refractivity (Wildman–Crippen MR) is 81.8 cm³/mol. The van der Waals surface area contributed by atoms with E-state index in [1.54, 1.807) is 37.4 Å². The van der Waals surface area contributed by atoms with Crippen LogP contribution in [0.5, 0.6) is 0 Å². The molecule has 2 aromatic carbocycles. The SMILES string of the molecule is CNC(=O)c1cc2cc(C#N)cc(-c3ccc(F)cc3)c2[nH]1. The molecule has 22 heavy (non-hydrogen) atoms. The lowest BCUT2D eigenvalue weighted by Crippen LogP contribution is -2.17. The molecule has 3 aromatic rings. The second kappa shape index (κ2) is 5.34. The summed E-state index contributed by atoms with van der Waals surface area (Å²) in [6, 6.07) is 13.3. The molecule has 5 heteroatoms. The standard InChI is InChI=1S/C17H12FN3O/c1-20-17(22)15-8-12-6-10(9-19)7-14(16(12)21-15)11-2-4-13(18)5-3-11/h2-8,21H,1H3,(H,20,22). The summed E-state index contributed by atoms with van der Waals surface area (Å²) in [5.74, 6) is -0.561. The third kappa shape index (κ3) is 2.31. The Labute approximate surface area is 126 Å². The summed E-state index contributed by atoms with van der Waals surface area (Å²) < 4.78 is 13.1. The van der Waals surface area contributed by atoms with E-state index in [0.717, 1.165) is 22.0 Å². The number of nitrogens with zero attached hydrogens (tertiary/aromatic N) is 1. The minimum atomic E-state index is -0.325. The van der Waals surface area contributed by atoms with Gasteiger partial charge in [-0.25, -0.2) is 4.39 Å². The van der Waals surface area contributed by atoms with Crippen LogP contribution in [0.2, 0.25) is 0 Å². The zero-order valence-electron chi connectivity index (χ0n) is 11.8. The van der Waals surface area contributed by atoms with E-state index in [1.807, 2.05) is 0 Å². The fourth-order valence-electron chi connectivity index (χ4n) is 2.42. The van der Waals surface area contributed by atoms with E-state index >= 15 is 0 Å². The molecule has 1 amide bonds. The minimum Gasteiger partial charge on any atom is -0.354 e. The molecule has 0 spiro atoms. The molecule has 4 nitrogen and oxygen atoms in total. The van der Waals surface area contributed by atoms with Gasteiger partial charge in [0, 0.05) is 18.0 Å². The lowest BCUT2D eigenvalue weighted by Gasteiger charge is -2.05. The van der Waals surface area contributed by atoms with Crippen LogP contribution >= 0.6 is 0 Å². The second-order valence-electron chi connectivity index (χ2n) is 4.87. The van der Waals surface area contributed by atoms with Gasteiger partial charge in [0.15, 0.2) is 0 Å². The van der Waals surface area contributed by atoms with Gasteiger partial charge in [-0.2, -0.15) is 5.26 Å². The van der Waals surface area contributed by atoms with Gasteiger partial charge in [-0.3, -0.25) is 4.79 Å². The molecular weight excluding hydrogens is 281 g/mol. The van der Waals surface area contributed by atoms with Crippen LogP contribution in [0.3, 0.4) is 0 Å². The second-order valence-corrected chi connectivity index (χ2v) is 4.87. The molecule has 0 aliphatic carbocycles. The van der Waals surface area contributed by atoms with Gasteiger partial charge in [0.05, 0.1) is 17.1 Å². The molecule has 2 N–H and O–H groups in total. The molecule has 108 valence electrons. The maximum atomic E-state index is 13.1. The van der Waals surface area contributed by atoms with Crippen LogP contribution in [0.25, 0.3) is 22.0 Å². The Balaban J connectivity index is 2.27. The van der Waals surface area contributed by atoms with Crippen LogP contribution in [-0.4, -0.2) is 17.9 Å². The number of rotatable bonds is 2. The average molecular weight is 293 g/mol. The van der Waals surface area contributed by atoms with Crippen molar-refractivity contribution in [2.75, 3.05) is 7.05 Å². The van der Waals surface area contributed by atoms with Crippen molar-refractivity contribution in [3.63, 3.8) is 0 Å². The van der Waals surface area contributed by atoms with Crippen LogP contribution in [0.1, 0.15) is 16.1 Å². The lowest BCUT2D eigenvalue weighted by molar-refractivity contribution is 0.0959. The Bertz CT molecular complexity index is 904. The Kier molecular flexibility index (Phi) is 3.36. The molecule has 0 saturated heterocycles. The highest BCUT2D eigenvalue weighted by Crippen LogP contribution is 2.30. The van der Waals surface area contributed by atoms with Crippen LogP contribution in [0.15, 0.2) is 42.5 Å². The molecule has 0 saturated carbocycles. The normalized spacial score (nSPS) is 10.4. The molecule has 0 bridgehead atoms. The highest BCUT2D eigenvalue weighted by Gasteiger charge is 2.13. The number of benzene rings is 2. The van der Waals surface area contributed by atoms with E-state index < -0.39 is 0 Å². The number of nitriles is 1. The van der Waals surface area contributed by atoms with Crippen molar-refractivity contribution < 1.29 is 9.18 Å². The highest BCUT2D eigenvalue weighted by atomic mass is 19.1. The van der Waals surface area contributed by atoms with Gasteiger partial charge in [-0.15, -0.1) is 0 Å². The topological polar surface area (TPSA) is 68.7 Å². The third-order valence-corrected chi connectivity index (χ3v) is 3.48. The average Bonchev–Trinajstić information content (AvgIpc) is 2.98. The summed E-state index contributed by atoms with van der Waals surface area (Å²) in [6.45, 7) is 0. The molecule has 0 aliphatic rings. The van der Waals surface area contributed by atoms with Gasteiger partial charge < -0.3 is 10.3 Å². The number of nitrogens with one attached hydrogen (secondary N) is 2. The summed E-state index contributed by atoms with van der Waals surface area (Å²) in [5, 5.41) is 12.5. The first-order valence-electron chi connectivity index (χ1n) is 6.67. The molecular formula is C17H12FN3O. The van der Waals surface area contributed by atoms with Crippen molar-refractivity contribution in [3.8, 4) is 17.2 Å². The fourth-order valence-corrected chi connectivity index (χ4v) is 2.42. The third-order valence-electron chi connectivity index (χ3n) is 3.48. The maximum Gasteiger partial charge on any atom is 0.267 e. The highest BCUT2D eigenvalue weighted by molar-refractivity contribution is 6.02. The molecule has 0 aliphatic heterocycles. The van der Waals surface area contributed by atoms with Gasteiger partial charge in [0.25, 0.3) is 5.91 Å². The maximum absolute atomic E-state index is 13.1. The number of carbonyl (C=O) groups is 1. The molecule has 3 rings (SSSR count). The number of hydrogen-bond donors (Lipinski definition) is 2. The number of carbonyl (C=O) groups excluding carboxylic acids is 1. The first kappa shape index (κ1) is 13.8. The summed E-state index contributed by atoms with van der Waals surface area (Å²) >= 11 is 0. The minimum absolute atomic E-state index is 0.236. The summed E-state index contributed by atoms with van der Waals surface area (Å²) in [5.41, 5.74) is 3.16. The van der Waals surface area contributed by atoms with Crippen LogP contribution < -0.4 is 5.32 Å². The first-order chi connectivity index (χ1) is 10.6. The van der Waals surface area contributed by atoms with Gasteiger partial charge in [0.2, 0.25) is 0 Å². The fraction of sp³-hybridized carbons (Fsp3) is 0.0588. The number of aromatic amines is 1. The van der Waals surface area contributed by atoms with Gasteiger partial charge in [-0.1, -0.05) is 12.1 Å². The van der Waals surface area contributed by atoms with Gasteiger partial charge >= 0.3 is 0 Å². The number of H-pyrrole nitrogens is 1. The van der Waals surface area contributed by atoms with E-state index in [9.17, 15) is 14.4 Å². The van der Waals surface area contributed by atoms with Crippen LogP contribution in [0, 0.1) is 17.1 Å². The monoisotopic (exact) mass is 293 g/mol. The van der Waals surface area contributed by atoms with Crippen molar-refractivity contribution in [3.05, 3.63) is 59.5 Å². The Hall–Kier alpha value is -3.13. The van der Waals surface area contributed by atoms with Gasteiger partial charge in [-0.05, 0) is 35.9 Å². The zero-order valence-corrected chi connectivity index (χ0v) is 11.8.